The van der Waals surface area contributed by atoms with Crippen LogP contribution in [0.3, 0.4) is 0 Å². The van der Waals surface area contributed by atoms with Crippen molar-refractivity contribution in [2.45, 2.75) is 77.0 Å². The van der Waals surface area contributed by atoms with Crippen molar-refractivity contribution in [2.24, 2.45) is 23.7 Å². The van der Waals surface area contributed by atoms with Crippen molar-refractivity contribution in [3.8, 4) is 0 Å². The first kappa shape index (κ1) is 16.0. The van der Waals surface area contributed by atoms with Crippen molar-refractivity contribution in [2.75, 3.05) is 0 Å². The van der Waals surface area contributed by atoms with Gasteiger partial charge in [0.25, 0.3) is 0 Å². The van der Waals surface area contributed by atoms with Gasteiger partial charge in [-0.1, -0.05) is 20.4 Å². The first-order valence-corrected chi connectivity index (χ1v) is 8.92. The predicted octanol–water partition coefficient (Wildman–Crippen LogP) is 4.83. The van der Waals surface area contributed by atoms with E-state index >= 15 is 4.39 Å². The van der Waals surface area contributed by atoms with Gasteiger partial charge in [-0.3, -0.25) is 0 Å². The summed E-state index contributed by atoms with van der Waals surface area (Å²) >= 11 is 0. The minimum atomic E-state index is -0.998. The Labute approximate surface area is 133 Å². The number of halogens is 1. The van der Waals surface area contributed by atoms with Crippen LogP contribution in [0.4, 0.5) is 4.39 Å². The number of esters is 1. The maximum absolute atomic E-state index is 15.0. The number of carbonyl (C=O) groups is 1. The monoisotopic (exact) mass is 308 g/mol. The standard InChI is InChI=1S/C19H29FO2/c1-5-14(6-2)19(22-17(21)12(3)4)15-7-13-8-16(19)11-18(20,9-13)10-15/h13-16H,3,5-11H2,1-2,4H3. The van der Waals surface area contributed by atoms with Gasteiger partial charge in [0.15, 0.2) is 0 Å². The minimum absolute atomic E-state index is 0.192. The lowest BCUT2D eigenvalue weighted by molar-refractivity contribution is -0.244. The smallest absolute Gasteiger partial charge is 0.333 e. The van der Waals surface area contributed by atoms with Crippen LogP contribution in [0, 0.1) is 23.7 Å². The molecule has 4 rings (SSSR count). The van der Waals surface area contributed by atoms with Gasteiger partial charge in [-0.05, 0) is 63.7 Å². The summed E-state index contributed by atoms with van der Waals surface area (Å²) in [5.74, 6) is 0.920. The molecule has 0 N–H and O–H groups in total. The van der Waals surface area contributed by atoms with Gasteiger partial charge in [0.05, 0.1) is 0 Å². The van der Waals surface area contributed by atoms with Crippen LogP contribution in [-0.2, 0) is 9.53 Å². The topological polar surface area (TPSA) is 26.3 Å². The van der Waals surface area contributed by atoms with E-state index in [1.54, 1.807) is 6.92 Å². The molecule has 0 aromatic heterocycles. The summed E-state index contributed by atoms with van der Waals surface area (Å²) in [6, 6.07) is 0. The summed E-state index contributed by atoms with van der Waals surface area (Å²) in [6.07, 6.45) is 5.92. The molecule has 4 saturated carbocycles. The largest absolute Gasteiger partial charge is 0.455 e. The molecule has 2 unspecified atom stereocenters. The first-order chi connectivity index (χ1) is 10.3. The van der Waals surface area contributed by atoms with E-state index in [-0.39, 0.29) is 17.8 Å². The summed E-state index contributed by atoms with van der Waals surface area (Å²) in [5, 5.41) is 0. The van der Waals surface area contributed by atoms with Crippen LogP contribution in [0.25, 0.3) is 0 Å². The zero-order valence-corrected chi connectivity index (χ0v) is 14.2. The van der Waals surface area contributed by atoms with Crippen molar-refractivity contribution in [1.29, 1.82) is 0 Å². The highest BCUT2D eigenvalue weighted by atomic mass is 19.1. The SMILES string of the molecule is C=C(C)C(=O)OC1(C(CC)CC)C2CC3CC1CC(F)(C3)C2. The summed E-state index contributed by atoms with van der Waals surface area (Å²) < 4.78 is 21.2. The Morgan fingerprint density at radius 2 is 1.77 bits per heavy atom. The van der Waals surface area contributed by atoms with E-state index in [9.17, 15) is 4.79 Å². The predicted molar refractivity (Wildman–Crippen MR) is 85.1 cm³/mol. The molecule has 0 spiro atoms. The third-order valence-corrected chi connectivity index (χ3v) is 6.63. The lowest BCUT2D eigenvalue weighted by Crippen LogP contribution is -2.66. The Balaban J connectivity index is 1.99. The second kappa shape index (κ2) is 5.35. The minimum Gasteiger partial charge on any atom is -0.455 e. The molecule has 2 atom stereocenters. The molecule has 0 aromatic rings. The van der Waals surface area contributed by atoms with E-state index in [4.69, 9.17) is 4.74 Å². The molecular formula is C19H29FO2. The molecule has 0 amide bonds. The Bertz CT molecular complexity index is 464. The van der Waals surface area contributed by atoms with Crippen LogP contribution < -0.4 is 0 Å². The van der Waals surface area contributed by atoms with Gasteiger partial charge in [-0.25, -0.2) is 9.18 Å². The van der Waals surface area contributed by atoms with E-state index in [1.165, 1.54) is 0 Å². The van der Waals surface area contributed by atoms with Crippen molar-refractivity contribution < 1.29 is 13.9 Å². The van der Waals surface area contributed by atoms with Gasteiger partial charge in [0.1, 0.15) is 11.3 Å². The molecule has 4 bridgehead atoms. The summed E-state index contributed by atoms with van der Waals surface area (Å²) in [6.45, 7) is 9.78. The number of carbonyl (C=O) groups excluding carboxylic acids is 1. The third-order valence-electron chi connectivity index (χ3n) is 6.63. The van der Waals surface area contributed by atoms with E-state index < -0.39 is 11.3 Å². The molecule has 0 heterocycles. The summed E-state index contributed by atoms with van der Waals surface area (Å²) in [5.41, 5.74) is -0.998. The lowest BCUT2D eigenvalue weighted by atomic mass is 9.46. The molecule has 22 heavy (non-hydrogen) atoms. The molecule has 0 aromatic carbocycles. The maximum Gasteiger partial charge on any atom is 0.333 e. The van der Waals surface area contributed by atoms with Crippen LogP contribution in [0.2, 0.25) is 0 Å². The molecule has 124 valence electrons. The highest BCUT2D eigenvalue weighted by Crippen LogP contribution is 2.65. The van der Waals surface area contributed by atoms with Gasteiger partial charge < -0.3 is 4.74 Å². The third kappa shape index (κ3) is 2.23. The molecule has 4 aliphatic carbocycles. The van der Waals surface area contributed by atoms with Gasteiger partial charge in [0.2, 0.25) is 0 Å². The molecule has 4 fully saturated rings. The molecule has 4 aliphatic rings. The van der Waals surface area contributed by atoms with E-state index in [1.807, 2.05) is 0 Å². The second-order valence-electron chi connectivity index (χ2n) is 8.03. The summed E-state index contributed by atoms with van der Waals surface area (Å²) in [7, 11) is 0. The highest BCUT2D eigenvalue weighted by Gasteiger charge is 2.66. The zero-order chi connectivity index (χ0) is 16.1. The van der Waals surface area contributed by atoms with Crippen LogP contribution in [0.1, 0.15) is 65.7 Å². The average Bonchev–Trinajstić information content (AvgIpc) is 2.43. The zero-order valence-electron chi connectivity index (χ0n) is 14.2. The number of rotatable bonds is 5. The van der Waals surface area contributed by atoms with Crippen molar-refractivity contribution >= 4 is 5.97 Å². The van der Waals surface area contributed by atoms with Crippen LogP contribution in [0.5, 0.6) is 0 Å². The fourth-order valence-corrected chi connectivity index (χ4v) is 6.00. The fourth-order valence-electron chi connectivity index (χ4n) is 6.00. The Kier molecular flexibility index (Phi) is 3.89. The normalized spacial score (nSPS) is 42.7. The second-order valence-corrected chi connectivity index (χ2v) is 8.03. The first-order valence-electron chi connectivity index (χ1n) is 8.92. The molecule has 3 heteroatoms. The summed E-state index contributed by atoms with van der Waals surface area (Å²) in [4.78, 5) is 12.3. The van der Waals surface area contributed by atoms with Crippen molar-refractivity contribution in [3.63, 3.8) is 0 Å². The number of ether oxygens (including phenoxy) is 1. The molecule has 0 radical (unpaired) electrons. The van der Waals surface area contributed by atoms with Gasteiger partial charge in [-0.2, -0.15) is 0 Å². The van der Waals surface area contributed by atoms with Crippen LogP contribution in [0.15, 0.2) is 12.2 Å². The lowest BCUT2D eigenvalue weighted by Gasteiger charge is -2.64. The Morgan fingerprint density at radius 3 is 2.18 bits per heavy atom. The van der Waals surface area contributed by atoms with Gasteiger partial charge >= 0.3 is 5.97 Å². The number of hydrogen-bond donors (Lipinski definition) is 0. The van der Waals surface area contributed by atoms with Crippen LogP contribution >= 0.6 is 0 Å². The van der Waals surface area contributed by atoms with Crippen molar-refractivity contribution in [1.82, 2.24) is 0 Å². The number of hydrogen-bond acceptors (Lipinski definition) is 2. The van der Waals surface area contributed by atoms with E-state index in [0.29, 0.717) is 30.3 Å². The van der Waals surface area contributed by atoms with Crippen molar-refractivity contribution in [3.05, 3.63) is 12.2 Å². The van der Waals surface area contributed by atoms with Gasteiger partial charge in [0, 0.05) is 17.4 Å². The van der Waals surface area contributed by atoms with E-state index in [0.717, 1.165) is 32.1 Å². The van der Waals surface area contributed by atoms with E-state index in [2.05, 4.69) is 20.4 Å². The Hall–Kier alpha value is -0.860. The Morgan fingerprint density at radius 1 is 1.23 bits per heavy atom. The number of alkyl halides is 1. The average molecular weight is 308 g/mol. The van der Waals surface area contributed by atoms with Crippen LogP contribution in [-0.4, -0.2) is 17.2 Å². The maximum atomic E-state index is 15.0. The highest BCUT2D eigenvalue weighted by molar-refractivity contribution is 5.87. The molecule has 0 saturated heterocycles. The molecular weight excluding hydrogens is 279 g/mol. The fraction of sp³-hybridized carbons (Fsp3) is 0.842. The van der Waals surface area contributed by atoms with Gasteiger partial charge in [-0.15, -0.1) is 0 Å². The molecule has 2 nitrogen and oxygen atoms in total. The quantitative estimate of drug-likeness (QED) is 0.537. The molecule has 0 aliphatic heterocycles.